The van der Waals surface area contributed by atoms with Crippen molar-refractivity contribution in [2.24, 2.45) is 0 Å². The van der Waals surface area contributed by atoms with Crippen molar-refractivity contribution in [2.75, 3.05) is 0 Å². The van der Waals surface area contributed by atoms with Crippen molar-refractivity contribution in [2.45, 2.75) is 105 Å². The number of H-pyrrole nitrogens is 2. The van der Waals surface area contributed by atoms with E-state index in [-0.39, 0.29) is 21.7 Å². The summed E-state index contributed by atoms with van der Waals surface area (Å²) in [7, 11) is 0. The average molecular weight is 785 g/mol. The molecule has 6 aromatic carbocycles. The van der Waals surface area contributed by atoms with Crippen molar-refractivity contribution in [3.8, 4) is 34.4 Å². The number of nitriles is 2. The predicted octanol–water partition coefficient (Wildman–Crippen LogP) is 15.4. The zero-order chi connectivity index (χ0) is 43.1. The first-order valence-electron chi connectivity index (χ1n) is 21.1. The summed E-state index contributed by atoms with van der Waals surface area (Å²) < 4.78 is 0. The minimum Gasteiger partial charge on any atom is -0.354 e. The molecule has 0 saturated carbocycles. The number of nitrogens with zero attached hydrogens (tertiary/aromatic N) is 2. The molecule has 2 aromatic heterocycles. The van der Waals surface area contributed by atoms with Crippen molar-refractivity contribution >= 4 is 54.8 Å². The minimum absolute atomic E-state index is 0.0359. The van der Waals surface area contributed by atoms with E-state index in [2.05, 4.69) is 190 Å². The van der Waals surface area contributed by atoms with Crippen LogP contribution in [0.2, 0.25) is 0 Å². The Balaban J connectivity index is 1.19. The summed E-state index contributed by atoms with van der Waals surface area (Å²) in [4.78, 5) is 7.49. The smallest absolute Gasteiger partial charge is 0.101 e. The van der Waals surface area contributed by atoms with Gasteiger partial charge in [-0.25, -0.2) is 0 Å². The molecule has 0 amide bonds. The zero-order valence-corrected chi connectivity index (χ0v) is 37.3. The van der Waals surface area contributed by atoms with Crippen molar-refractivity contribution in [1.29, 1.82) is 10.5 Å². The van der Waals surface area contributed by atoms with Gasteiger partial charge >= 0.3 is 0 Å². The van der Waals surface area contributed by atoms with Gasteiger partial charge in [-0.15, -0.1) is 0 Å². The highest BCUT2D eigenvalue weighted by molar-refractivity contribution is 6.14. The molecule has 0 fully saturated rings. The monoisotopic (exact) mass is 784 g/mol. The van der Waals surface area contributed by atoms with Gasteiger partial charge in [0.15, 0.2) is 0 Å². The highest BCUT2D eigenvalue weighted by Gasteiger charge is 2.24. The Labute approximate surface area is 355 Å². The molecule has 0 aliphatic heterocycles. The topological polar surface area (TPSA) is 79.2 Å². The van der Waals surface area contributed by atoms with Crippen molar-refractivity contribution in [1.82, 2.24) is 9.97 Å². The van der Waals surface area contributed by atoms with Crippen molar-refractivity contribution < 1.29 is 0 Å². The van der Waals surface area contributed by atoms with Gasteiger partial charge < -0.3 is 9.97 Å². The second-order valence-corrected chi connectivity index (χ2v) is 20.8. The molecular formula is C56H56N4. The Bertz CT molecular complexity index is 2890. The van der Waals surface area contributed by atoms with Crippen LogP contribution in [0.25, 0.3) is 77.0 Å². The molecule has 300 valence electrons. The van der Waals surface area contributed by atoms with Crippen LogP contribution in [0.15, 0.2) is 109 Å². The van der Waals surface area contributed by atoms with Gasteiger partial charge in [0.1, 0.15) is 12.1 Å². The molecule has 0 bridgehead atoms. The van der Waals surface area contributed by atoms with Gasteiger partial charge in [0.2, 0.25) is 0 Å². The van der Waals surface area contributed by atoms with Crippen LogP contribution in [-0.2, 0) is 21.7 Å². The van der Waals surface area contributed by atoms with E-state index in [9.17, 15) is 10.5 Å². The summed E-state index contributed by atoms with van der Waals surface area (Å²) in [6.45, 7) is 27.0. The molecule has 8 aromatic rings. The van der Waals surface area contributed by atoms with Crippen LogP contribution < -0.4 is 0 Å². The quantitative estimate of drug-likeness (QED) is 0.138. The molecule has 0 aliphatic carbocycles. The number of rotatable bonds is 4. The van der Waals surface area contributed by atoms with Crippen LogP contribution in [0.3, 0.4) is 0 Å². The third-order valence-electron chi connectivity index (χ3n) is 12.3. The fourth-order valence-electron chi connectivity index (χ4n) is 8.42. The van der Waals surface area contributed by atoms with Crippen molar-refractivity contribution in [3.05, 3.63) is 143 Å². The van der Waals surface area contributed by atoms with Crippen LogP contribution in [-0.4, -0.2) is 9.97 Å². The van der Waals surface area contributed by atoms with E-state index in [1.165, 1.54) is 43.8 Å². The molecule has 8 rings (SSSR count). The maximum Gasteiger partial charge on any atom is 0.101 e. The van der Waals surface area contributed by atoms with Gasteiger partial charge in [-0.05, 0) is 115 Å². The molecule has 60 heavy (non-hydrogen) atoms. The Morgan fingerprint density at radius 2 is 0.700 bits per heavy atom. The van der Waals surface area contributed by atoms with E-state index in [0.29, 0.717) is 22.3 Å². The van der Waals surface area contributed by atoms with Crippen LogP contribution >= 0.6 is 0 Å². The minimum atomic E-state index is -0.0603. The van der Waals surface area contributed by atoms with E-state index in [4.69, 9.17) is 0 Å². The van der Waals surface area contributed by atoms with Gasteiger partial charge in [-0.3, -0.25) is 0 Å². The highest BCUT2D eigenvalue weighted by atomic mass is 14.7. The fourth-order valence-corrected chi connectivity index (χ4v) is 8.42. The highest BCUT2D eigenvalue weighted by Crippen LogP contribution is 2.42. The predicted molar refractivity (Wildman–Crippen MR) is 255 cm³/mol. The number of aromatic nitrogens is 2. The SMILES string of the molecule is CC(C)(C)c1ccc2[nH]c3c(-c4ccc(C(C#N)=C(C#N)c5ccc(-c6cc(C(C)(C)C)cc7c6[nH]c6ccc(C(C)(C)C)cc67)cc5)cc4)cc(C(C)(C)C)cc3c2c1. The Morgan fingerprint density at radius 3 is 1.00 bits per heavy atom. The van der Waals surface area contributed by atoms with E-state index >= 15 is 0 Å². The van der Waals surface area contributed by atoms with Gasteiger partial charge in [0.25, 0.3) is 0 Å². The van der Waals surface area contributed by atoms with Gasteiger partial charge in [0, 0.05) is 43.7 Å². The van der Waals surface area contributed by atoms with Crippen LogP contribution in [0.5, 0.6) is 0 Å². The van der Waals surface area contributed by atoms with Gasteiger partial charge in [0.05, 0.1) is 22.2 Å². The summed E-state index contributed by atoms with van der Waals surface area (Å²) in [5, 5.41) is 26.0. The number of aromatic amines is 2. The molecule has 0 spiro atoms. The maximum atomic E-state index is 10.6. The third-order valence-corrected chi connectivity index (χ3v) is 12.3. The Hall–Kier alpha value is -6.36. The van der Waals surface area contributed by atoms with E-state index < -0.39 is 0 Å². The van der Waals surface area contributed by atoms with Crippen LogP contribution in [0, 0.1) is 22.7 Å². The number of benzene rings is 6. The summed E-state index contributed by atoms with van der Waals surface area (Å²) in [5.41, 5.74) is 16.0. The largest absolute Gasteiger partial charge is 0.354 e. The molecule has 0 radical (unpaired) electrons. The number of fused-ring (bicyclic) bond motifs is 6. The number of nitrogens with one attached hydrogen (secondary N) is 2. The number of allylic oxidation sites excluding steroid dienone is 2. The lowest BCUT2D eigenvalue weighted by Crippen LogP contribution is -2.11. The normalized spacial score (nSPS) is 13.2. The second-order valence-electron chi connectivity index (χ2n) is 20.8. The first-order chi connectivity index (χ1) is 28.1. The molecule has 2 heterocycles. The molecular weight excluding hydrogens is 729 g/mol. The molecule has 0 unspecified atom stereocenters. The Morgan fingerprint density at radius 1 is 0.383 bits per heavy atom. The summed E-state index contributed by atoms with van der Waals surface area (Å²) in [6.07, 6.45) is 0. The lowest BCUT2D eigenvalue weighted by molar-refractivity contribution is 0.590. The molecule has 0 aliphatic rings. The standard InChI is InChI=1S/C56H56N4/c1-53(2,3)37-21-23-49-43(25-37)45-29-39(55(7,8)9)27-41(51(45)59-49)33-13-17-35(18-14-33)47(31-57)48(32-58)36-19-15-34(16-20-36)42-28-40(56(10,11)12)30-46-44-26-38(54(4,5)6)22-24-50(44)60-52(42)46/h13-30,59-60H,1-12H3. The van der Waals surface area contributed by atoms with Crippen molar-refractivity contribution in [3.63, 3.8) is 0 Å². The summed E-state index contributed by atoms with van der Waals surface area (Å²) >= 11 is 0. The summed E-state index contributed by atoms with van der Waals surface area (Å²) in [6, 6.07) is 43.8. The van der Waals surface area contributed by atoms with E-state index in [1.807, 2.05) is 24.3 Å². The van der Waals surface area contributed by atoms with E-state index in [0.717, 1.165) is 44.3 Å². The molecule has 0 saturated heterocycles. The molecule has 2 N–H and O–H groups in total. The van der Waals surface area contributed by atoms with Crippen LogP contribution in [0.4, 0.5) is 0 Å². The van der Waals surface area contributed by atoms with E-state index in [1.54, 1.807) is 0 Å². The fraction of sp³-hybridized carbons (Fsp3) is 0.286. The first-order valence-corrected chi connectivity index (χ1v) is 21.1. The average Bonchev–Trinajstić information content (AvgIpc) is 3.76. The van der Waals surface area contributed by atoms with Crippen LogP contribution in [0.1, 0.15) is 116 Å². The molecule has 0 atom stereocenters. The van der Waals surface area contributed by atoms with Gasteiger partial charge in [-0.2, -0.15) is 10.5 Å². The summed E-state index contributed by atoms with van der Waals surface area (Å²) in [5.74, 6) is 0. The zero-order valence-electron chi connectivity index (χ0n) is 37.3. The molecule has 4 heteroatoms. The maximum absolute atomic E-state index is 10.6. The molecule has 4 nitrogen and oxygen atoms in total. The number of hydrogen-bond donors (Lipinski definition) is 2. The second kappa shape index (κ2) is 14.1. The lowest BCUT2D eigenvalue weighted by Gasteiger charge is -2.21. The first kappa shape index (κ1) is 40.4. The van der Waals surface area contributed by atoms with Gasteiger partial charge in [-0.1, -0.05) is 144 Å². The third kappa shape index (κ3) is 7.20. The lowest BCUT2D eigenvalue weighted by atomic mass is 9.83. The Kier molecular flexibility index (Phi) is 9.53. The number of hydrogen-bond acceptors (Lipinski definition) is 2.